The minimum atomic E-state index is 0.560. The first-order chi connectivity index (χ1) is 14.8. The lowest BCUT2D eigenvalue weighted by molar-refractivity contribution is 0.415. The van der Waals surface area contributed by atoms with Crippen molar-refractivity contribution in [3.8, 4) is 51.3 Å². The summed E-state index contributed by atoms with van der Waals surface area (Å²) in [7, 11) is 1.64. The van der Waals surface area contributed by atoms with Gasteiger partial charge < -0.3 is 13.6 Å². The lowest BCUT2D eigenvalue weighted by atomic mass is 10.1. The van der Waals surface area contributed by atoms with E-state index in [1.54, 1.807) is 19.5 Å². The zero-order valence-electron chi connectivity index (χ0n) is 16.3. The number of hydrogen-bond donors (Lipinski definition) is 0. The molecule has 0 aliphatic rings. The van der Waals surface area contributed by atoms with Gasteiger partial charge in [-0.1, -0.05) is 30.3 Å². The second-order valence-corrected chi connectivity index (χ2v) is 6.73. The molecule has 5 aromatic rings. The second kappa shape index (κ2) is 7.72. The molecule has 0 fully saturated rings. The summed E-state index contributed by atoms with van der Waals surface area (Å²) in [6, 6.07) is 25.4. The van der Waals surface area contributed by atoms with Crippen LogP contribution in [0.4, 0.5) is 0 Å². The van der Waals surface area contributed by atoms with Crippen molar-refractivity contribution in [3.63, 3.8) is 0 Å². The van der Waals surface area contributed by atoms with Gasteiger partial charge in [0, 0.05) is 22.3 Å². The van der Waals surface area contributed by atoms with E-state index in [1.165, 1.54) is 0 Å². The predicted octanol–water partition coefficient (Wildman–Crippen LogP) is 6.34. The fraction of sp³-hybridized carbons (Fsp3) is 0.0400. The first kappa shape index (κ1) is 17.9. The number of nitrogens with zero attached hydrogens (tertiary/aromatic N) is 2. The molecular formula is C25H18N2O3. The van der Waals surface area contributed by atoms with Gasteiger partial charge in [0.2, 0.25) is 11.8 Å². The summed E-state index contributed by atoms with van der Waals surface area (Å²) in [5.41, 5.74) is 3.72. The van der Waals surface area contributed by atoms with Crippen molar-refractivity contribution in [3.05, 3.63) is 91.3 Å². The number of rotatable bonds is 5. The average Bonchev–Trinajstić information content (AvgIpc) is 3.50. The van der Waals surface area contributed by atoms with Gasteiger partial charge in [0.25, 0.3) is 0 Å². The van der Waals surface area contributed by atoms with Crippen molar-refractivity contribution in [1.29, 1.82) is 0 Å². The Morgan fingerprint density at radius 3 is 1.53 bits per heavy atom. The number of ether oxygens (including phenoxy) is 1. The number of aromatic nitrogens is 2. The van der Waals surface area contributed by atoms with E-state index < -0.39 is 0 Å². The van der Waals surface area contributed by atoms with E-state index in [1.807, 2.05) is 78.9 Å². The van der Waals surface area contributed by atoms with Gasteiger partial charge in [-0.15, -0.1) is 0 Å². The van der Waals surface area contributed by atoms with Crippen LogP contribution in [-0.4, -0.2) is 17.1 Å². The number of benzene rings is 3. The molecule has 0 saturated heterocycles. The number of hydrogen-bond acceptors (Lipinski definition) is 5. The standard InChI is InChI=1S/C25H18N2O3/c1-28-21-13-11-18(12-14-21)23-16-27-25(30-23)20-9-7-19(8-10-20)24-26-15-22(29-24)17-5-3-2-4-6-17/h2-16H,1H3. The molecule has 30 heavy (non-hydrogen) atoms. The Labute approximate surface area is 173 Å². The summed E-state index contributed by atoms with van der Waals surface area (Å²) in [5.74, 6) is 3.39. The van der Waals surface area contributed by atoms with Gasteiger partial charge in [-0.3, -0.25) is 0 Å². The first-order valence-corrected chi connectivity index (χ1v) is 9.52. The molecule has 0 aliphatic heterocycles. The van der Waals surface area contributed by atoms with E-state index in [-0.39, 0.29) is 0 Å². The molecule has 3 aromatic carbocycles. The summed E-state index contributed by atoms with van der Waals surface area (Å²) in [5, 5.41) is 0. The molecule has 146 valence electrons. The van der Waals surface area contributed by atoms with E-state index in [0.29, 0.717) is 17.5 Å². The van der Waals surface area contributed by atoms with Crippen LogP contribution in [0.1, 0.15) is 0 Å². The molecule has 2 heterocycles. The van der Waals surface area contributed by atoms with Gasteiger partial charge in [-0.05, 0) is 48.5 Å². The molecule has 0 saturated carbocycles. The van der Waals surface area contributed by atoms with Crippen molar-refractivity contribution >= 4 is 0 Å². The molecule has 0 amide bonds. The highest BCUT2D eigenvalue weighted by Gasteiger charge is 2.11. The Bertz CT molecular complexity index is 1250. The molecule has 5 rings (SSSR count). The van der Waals surface area contributed by atoms with Crippen molar-refractivity contribution in [2.24, 2.45) is 0 Å². The fourth-order valence-electron chi connectivity index (χ4n) is 3.20. The molecule has 0 atom stereocenters. The maximum absolute atomic E-state index is 5.95. The zero-order valence-corrected chi connectivity index (χ0v) is 16.3. The third kappa shape index (κ3) is 3.49. The summed E-state index contributed by atoms with van der Waals surface area (Å²) in [6.07, 6.45) is 3.47. The zero-order chi connectivity index (χ0) is 20.3. The van der Waals surface area contributed by atoms with Crippen LogP contribution in [-0.2, 0) is 0 Å². The van der Waals surface area contributed by atoms with Gasteiger partial charge in [0.1, 0.15) is 5.75 Å². The van der Waals surface area contributed by atoms with Gasteiger partial charge in [-0.25, -0.2) is 9.97 Å². The Balaban J connectivity index is 1.37. The van der Waals surface area contributed by atoms with Crippen LogP contribution >= 0.6 is 0 Å². The van der Waals surface area contributed by atoms with E-state index in [9.17, 15) is 0 Å². The summed E-state index contributed by atoms with van der Waals surface area (Å²) >= 11 is 0. The first-order valence-electron chi connectivity index (χ1n) is 9.52. The molecule has 5 heteroatoms. The SMILES string of the molecule is COc1ccc(-c2cnc(-c3ccc(-c4ncc(-c5ccccc5)o4)cc3)o2)cc1. The van der Waals surface area contributed by atoms with Crippen molar-refractivity contribution in [2.75, 3.05) is 7.11 Å². The van der Waals surface area contributed by atoms with Gasteiger partial charge in [0.15, 0.2) is 11.5 Å². The van der Waals surface area contributed by atoms with Gasteiger partial charge in [-0.2, -0.15) is 0 Å². The monoisotopic (exact) mass is 394 g/mol. The minimum absolute atomic E-state index is 0.560. The van der Waals surface area contributed by atoms with Crippen LogP contribution in [0.2, 0.25) is 0 Å². The highest BCUT2D eigenvalue weighted by atomic mass is 16.5. The van der Waals surface area contributed by atoms with E-state index in [0.717, 1.165) is 33.8 Å². The van der Waals surface area contributed by atoms with Crippen molar-refractivity contribution < 1.29 is 13.6 Å². The third-order valence-electron chi connectivity index (χ3n) is 4.82. The van der Waals surface area contributed by atoms with E-state index in [4.69, 9.17) is 13.6 Å². The normalized spacial score (nSPS) is 10.8. The molecule has 0 radical (unpaired) electrons. The molecule has 0 spiro atoms. The Morgan fingerprint density at radius 1 is 0.567 bits per heavy atom. The van der Waals surface area contributed by atoms with Crippen molar-refractivity contribution in [1.82, 2.24) is 9.97 Å². The summed E-state index contributed by atoms with van der Waals surface area (Å²) < 4.78 is 17.1. The van der Waals surface area contributed by atoms with Crippen LogP contribution in [0.15, 0.2) is 100 Å². The van der Waals surface area contributed by atoms with Gasteiger partial charge >= 0.3 is 0 Å². The fourth-order valence-corrected chi connectivity index (χ4v) is 3.20. The number of methoxy groups -OCH3 is 1. The largest absolute Gasteiger partial charge is 0.497 e. The van der Waals surface area contributed by atoms with Crippen LogP contribution in [0.3, 0.4) is 0 Å². The molecular weight excluding hydrogens is 376 g/mol. The minimum Gasteiger partial charge on any atom is -0.497 e. The van der Waals surface area contributed by atoms with Crippen LogP contribution < -0.4 is 4.74 Å². The van der Waals surface area contributed by atoms with Crippen molar-refractivity contribution in [2.45, 2.75) is 0 Å². The van der Waals surface area contributed by atoms with Crippen LogP contribution in [0.5, 0.6) is 5.75 Å². The summed E-state index contributed by atoms with van der Waals surface area (Å²) in [4.78, 5) is 8.82. The molecule has 0 unspecified atom stereocenters. The average molecular weight is 394 g/mol. The lowest BCUT2D eigenvalue weighted by Gasteiger charge is -2.01. The van der Waals surface area contributed by atoms with E-state index >= 15 is 0 Å². The highest BCUT2D eigenvalue weighted by molar-refractivity contribution is 5.66. The smallest absolute Gasteiger partial charge is 0.226 e. The molecule has 0 bridgehead atoms. The summed E-state index contributed by atoms with van der Waals surface area (Å²) in [6.45, 7) is 0. The Morgan fingerprint density at radius 2 is 1.03 bits per heavy atom. The van der Waals surface area contributed by atoms with Crippen LogP contribution in [0, 0.1) is 0 Å². The second-order valence-electron chi connectivity index (χ2n) is 6.73. The predicted molar refractivity (Wildman–Crippen MR) is 115 cm³/mol. The molecule has 2 aromatic heterocycles. The lowest BCUT2D eigenvalue weighted by Crippen LogP contribution is -1.81. The van der Waals surface area contributed by atoms with Gasteiger partial charge in [0.05, 0.1) is 19.5 Å². The van der Waals surface area contributed by atoms with E-state index in [2.05, 4.69) is 9.97 Å². The number of oxazole rings is 2. The maximum atomic E-state index is 5.95. The Hall–Kier alpha value is -4.12. The third-order valence-corrected chi connectivity index (χ3v) is 4.82. The quantitative estimate of drug-likeness (QED) is 0.348. The Kier molecular flexibility index (Phi) is 4.62. The maximum Gasteiger partial charge on any atom is 0.226 e. The topological polar surface area (TPSA) is 61.3 Å². The van der Waals surface area contributed by atoms with Crippen LogP contribution in [0.25, 0.3) is 45.6 Å². The highest BCUT2D eigenvalue weighted by Crippen LogP contribution is 2.30. The molecule has 0 N–H and O–H groups in total. The molecule has 5 nitrogen and oxygen atoms in total. The molecule has 0 aliphatic carbocycles.